The van der Waals surface area contributed by atoms with Crippen LogP contribution < -0.4 is 10.6 Å². The van der Waals surface area contributed by atoms with Crippen LogP contribution in [0.25, 0.3) is 28.3 Å². The van der Waals surface area contributed by atoms with E-state index in [0.29, 0.717) is 23.4 Å². The molecule has 1 saturated carbocycles. The van der Waals surface area contributed by atoms with Crippen molar-refractivity contribution in [1.29, 1.82) is 5.26 Å². The highest BCUT2D eigenvalue weighted by molar-refractivity contribution is 5.72. The maximum absolute atomic E-state index is 9.09. The molecule has 4 aromatic rings. The van der Waals surface area contributed by atoms with E-state index in [4.69, 9.17) is 11.0 Å². The quantitative estimate of drug-likeness (QED) is 0.475. The third kappa shape index (κ3) is 2.50. The van der Waals surface area contributed by atoms with Gasteiger partial charge < -0.3 is 15.2 Å². The molecule has 4 heterocycles. The lowest BCUT2D eigenvalue weighted by molar-refractivity contribution is 0.742. The molecule has 0 bridgehead atoms. The Morgan fingerprint density at radius 3 is 2.59 bits per heavy atom. The van der Waals surface area contributed by atoms with Gasteiger partial charge in [0.05, 0.1) is 23.0 Å². The van der Waals surface area contributed by atoms with E-state index in [-0.39, 0.29) is 0 Å². The first-order valence-electron chi connectivity index (χ1n) is 10.9. The molecule has 156 valence electrons. The predicted octanol–water partition coefficient (Wildman–Crippen LogP) is 3.03. The van der Waals surface area contributed by atoms with Gasteiger partial charge in [0.2, 0.25) is 0 Å². The number of hydrogen-bond acceptors (Lipinski definition) is 5. The summed E-state index contributed by atoms with van der Waals surface area (Å²) in [5.74, 6) is 2.15. The molecule has 7 rings (SSSR count). The maximum Gasteiger partial charge on any atom is 0.185 e. The first kappa shape index (κ1) is 17.8. The van der Waals surface area contributed by atoms with E-state index in [9.17, 15) is 0 Å². The van der Waals surface area contributed by atoms with E-state index < -0.39 is 0 Å². The molecule has 32 heavy (non-hydrogen) atoms. The molecule has 0 amide bonds. The number of rotatable bonds is 2. The second kappa shape index (κ2) is 6.31. The maximum atomic E-state index is 9.09. The van der Waals surface area contributed by atoms with Crippen molar-refractivity contribution in [3.63, 3.8) is 0 Å². The summed E-state index contributed by atoms with van der Waals surface area (Å²) in [5.41, 5.74) is 13.7. The number of hydrogen-bond donors (Lipinski definition) is 1. The van der Waals surface area contributed by atoms with Gasteiger partial charge in [0.15, 0.2) is 5.82 Å². The predicted molar refractivity (Wildman–Crippen MR) is 121 cm³/mol. The molecule has 7 heteroatoms. The Kier molecular flexibility index (Phi) is 3.50. The summed E-state index contributed by atoms with van der Waals surface area (Å²) in [6.07, 6.45) is 3.96. The number of nitriles is 1. The van der Waals surface area contributed by atoms with E-state index in [1.807, 2.05) is 24.3 Å². The summed E-state index contributed by atoms with van der Waals surface area (Å²) in [4.78, 5) is 2.47. The average molecular weight is 419 g/mol. The first-order chi connectivity index (χ1) is 15.7. The second-order valence-corrected chi connectivity index (χ2v) is 9.08. The van der Waals surface area contributed by atoms with Crippen molar-refractivity contribution in [3.05, 3.63) is 72.2 Å². The number of fused-ring (bicyclic) bond motifs is 6. The van der Waals surface area contributed by atoms with Crippen molar-refractivity contribution >= 4 is 5.69 Å². The van der Waals surface area contributed by atoms with Gasteiger partial charge in [-0.25, -0.2) is 0 Å². The van der Waals surface area contributed by atoms with Crippen molar-refractivity contribution < 1.29 is 0 Å². The fourth-order valence-electron chi connectivity index (χ4n) is 5.41. The summed E-state index contributed by atoms with van der Waals surface area (Å²) in [6.45, 7) is 2.87. The third-order valence-electron chi connectivity index (χ3n) is 7.31. The molecule has 0 spiro atoms. The van der Waals surface area contributed by atoms with Crippen LogP contribution in [0.1, 0.15) is 11.1 Å². The Morgan fingerprint density at radius 2 is 1.81 bits per heavy atom. The third-order valence-corrected chi connectivity index (χ3v) is 7.31. The number of nitrogens with two attached hydrogens (primary N) is 1. The summed E-state index contributed by atoms with van der Waals surface area (Å²) in [6, 6.07) is 19.1. The zero-order valence-corrected chi connectivity index (χ0v) is 17.4. The molecule has 1 aliphatic carbocycles. The molecule has 2 aromatic heterocycles. The fourth-order valence-corrected chi connectivity index (χ4v) is 5.41. The molecular formula is C25H21N7. The van der Waals surface area contributed by atoms with Crippen molar-refractivity contribution in [2.45, 2.75) is 12.6 Å². The number of benzene rings is 2. The molecule has 3 atom stereocenters. The van der Waals surface area contributed by atoms with Crippen LogP contribution in [-0.2, 0) is 6.54 Å². The van der Waals surface area contributed by atoms with Gasteiger partial charge in [0.1, 0.15) is 6.33 Å². The van der Waals surface area contributed by atoms with Crippen molar-refractivity contribution in [2.24, 2.45) is 17.6 Å². The minimum absolute atomic E-state index is 0.398. The SMILES string of the molecule is N#Cc1ccc(-c2cc3n(c2)Cc2cc(N4C[C@@H]5[C@@H](N)[C@@H]5C4)ccc2-n2cnnc2-3)cc1. The Morgan fingerprint density at radius 1 is 1.00 bits per heavy atom. The van der Waals surface area contributed by atoms with Gasteiger partial charge in [-0.2, -0.15) is 5.26 Å². The topological polar surface area (TPSA) is 88.7 Å². The zero-order chi connectivity index (χ0) is 21.4. The highest BCUT2D eigenvalue weighted by Crippen LogP contribution is 2.45. The fraction of sp³-hybridized carbons (Fsp3) is 0.240. The van der Waals surface area contributed by atoms with Gasteiger partial charge in [-0.1, -0.05) is 12.1 Å². The van der Waals surface area contributed by atoms with Crippen LogP contribution in [0.4, 0.5) is 5.69 Å². The van der Waals surface area contributed by atoms with Crippen molar-refractivity contribution in [3.8, 4) is 34.4 Å². The molecule has 7 nitrogen and oxygen atoms in total. The normalized spacial score (nSPS) is 22.4. The molecular weight excluding hydrogens is 398 g/mol. The van der Waals surface area contributed by atoms with Crippen LogP contribution in [-0.4, -0.2) is 38.5 Å². The summed E-state index contributed by atoms with van der Waals surface area (Å²) < 4.78 is 4.33. The molecule has 0 radical (unpaired) electrons. The molecule has 2 aliphatic heterocycles. The van der Waals surface area contributed by atoms with Crippen molar-refractivity contribution in [1.82, 2.24) is 19.3 Å². The van der Waals surface area contributed by atoms with Crippen LogP contribution in [0, 0.1) is 23.2 Å². The largest absolute Gasteiger partial charge is 0.371 e. The molecule has 2 N–H and O–H groups in total. The van der Waals surface area contributed by atoms with Gasteiger partial charge in [0, 0.05) is 43.1 Å². The molecule has 2 aromatic carbocycles. The van der Waals surface area contributed by atoms with Crippen LogP contribution in [0.2, 0.25) is 0 Å². The molecule has 1 saturated heterocycles. The Balaban J connectivity index is 1.30. The van der Waals surface area contributed by atoms with Crippen LogP contribution in [0.3, 0.4) is 0 Å². The van der Waals surface area contributed by atoms with Crippen LogP contribution >= 0.6 is 0 Å². The van der Waals surface area contributed by atoms with E-state index in [0.717, 1.165) is 48.0 Å². The lowest BCUT2D eigenvalue weighted by Crippen LogP contribution is -2.28. The minimum Gasteiger partial charge on any atom is -0.371 e. The molecule has 0 unspecified atom stereocenters. The number of anilines is 1. The standard InChI is InChI=1S/C25H21N7/c26-9-15-1-3-16(4-2-15)17-8-23-25-29-28-14-32(25)22-6-5-19(7-18(22)11-31(23)10-17)30-12-20-21(13-30)24(20)27/h1-8,10,14,20-21,24H,11-13,27H2/t20-,21+,24+. The second-order valence-electron chi connectivity index (χ2n) is 9.08. The van der Waals surface area contributed by atoms with Gasteiger partial charge >= 0.3 is 0 Å². The van der Waals surface area contributed by atoms with Gasteiger partial charge in [-0.15, -0.1) is 10.2 Å². The minimum atomic E-state index is 0.398. The van der Waals surface area contributed by atoms with Crippen LogP contribution in [0.15, 0.2) is 61.1 Å². The van der Waals surface area contributed by atoms with Gasteiger partial charge in [0.25, 0.3) is 0 Å². The number of aromatic nitrogens is 4. The highest BCUT2D eigenvalue weighted by atomic mass is 15.3. The van der Waals surface area contributed by atoms with E-state index >= 15 is 0 Å². The zero-order valence-electron chi connectivity index (χ0n) is 17.4. The highest BCUT2D eigenvalue weighted by Gasteiger charge is 2.53. The Labute approximate surface area is 185 Å². The van der Waals surface area contributed by atoms with Gasteiger partial charge in [-0.05, 0) is 59.4 Å². The monoisotopic (exact) mass is 419 g/mol. The van der Waals surface area contributed by atoms with Crippen molar-refractivity contribution in [2.75, 3.05) is 18.0 Å². The summed E-state index contributed by atoms with van der Waals surface area (Å²) in [7, 11) is 0. The lowest BCUT2D eigenvalue weighted by Gasteiger charge is -2.23. The van der Waals surface area contributed by atoms with E-state index in [1.165, 1.54) is 11.3 Å². The van der Waals surface area contributed by atoms with Crippen LogP contribution in [0.5, 0.6) is 0 Å². The first-order valence-corrected chi connectivity index (χ1v) is 10.9. The Hall–Kier alpha value is -3.89. The Bertz CT molecular complexity index is 1390. The van der Waals surface area contributed by atoms with E-state index in [1.54, 1.807) is 6.33 Å². The molecule has 2 fully saturated rings. The number of nitrogens with zero attached hydrogens (tertiary/aromatic N) is 6. The summed E-state index contributed by atoms with van der Waals surface area (Å²) in [5, 5.41) is 17.7. The average Bonchev–Trinajstić information content (AvgIpc) is 3.32. The smallest absolute Gasteiger partial charge is 0.185 e. The summed E-state index contributed by atoms with van der Waals surface area (Å²) >= 11 is 0. The molecule has 3 aliphatic rings. The lowest BCUT2D eigenvalue weighted by atomic mass is 10.1. The number of piperidine rings is 1. The van der Waals surface area contributed by atoms with E-state index in [2.05, 4.69) is 60.8 Å². The van der Waals surface area contributed by atoms with Gasteiger partial charge in [-0.3, -0.25) is 4.57 Å².